The lowest BCUT2D eigenvalue weighted by molar-refractivity contribution is -0.457. The van der Waals surface area contributed by atoms with E-state index in [1.807, 2.05) is 0 Å². The van der Waals surface area contributed by atoms with E-state index in [2.05, 4.69) is 5.32 Å². The molecule has 1 aromatic rings. The van der Waals surface area contributed by atoms with E-state index in [0.29, 0.717) is 0 Å². The molecule has 0 aliphatic carbocycles. The van der Waals surface area contributed by atoms with E-state index in [0.717, 1.165) is 0 Å². The quantitative estimate of drug-likeness (QED) is 0.200. The average Bonchev–Trinajstić information content (AvgIpc) is 2.79. The first-order chi connectivity index (χ1) is 11.5. The standard InChI is InChI=1S/C10H17N3O10S3/c1-12-4-2-3(13-9(15,16)10(17,18)19)5-6(14)8(26(11,22)23)24-7(5)25(4,20)21/h3-4,12-19H,2H2,1H3,(H2,11,22,23). The second kappa shape index (κ2) is 6.31. The van der Waals surface area contributed by atoms with Crippen molar-refractivity contribution in [3.8, 4) is 5.75 Å². The summed E-state index contributed by atoms with van der Waals surface area (Å²) in [7, 11) is -7.44. The van der Waals surface area contributed by atoms with E-state index in [1.165, 1.54) is 7.05 Å². The Morgan fingerprint density at radius 3 is 2.19 bits per heavy atom. The highest BCUT2D eigenvalue weighted by Gasteiger charge is 2.52. The zero-order valence-electron chi connectivity index (χ0n) is 13.0. The van der Waals surface area contributed by atoms with Crippen LogP contribution in [0.2, 0.25) is 0 Å². The van der Waals surface area contributed by atoms with Crippen molar-refractivity contribution in [3.05, 3.63) is 5.56 Å². The first-order valence-corrected chi connectivity index (χ1v) is 10.6. The van der Waals surface area contributed by atoms with Crippen LogP contribution in [0.1, 0.15) is 18.0 Å². The Kier molecular flexibility index (Phi) is 5.19. The molecule has 0 aromatic carbocycles. The van der Waals surface area contributed by atoms with Gasteiger partial charge in [0.1, 0.15) is 9.58 Å². The van der Waals surface area contributed by atoms with Crippen LogP contribution in [-0.4, -0.2) is 71.8 Å². The van der Waals surface area contributed by atoms with Gasteiger partial charge in [-0.2, -0.15) is 0 Å². The molecule has 2 rings (SSSR count). The predicted octanol–water partition coefficient (Wildman–Crippen LogP) is -4.28. The molecule has 1 aliphatic heterocycles. The second-order valence-electron chi connectivity index (χ2n) is 5.55. The Hall–Kier alpha value is -0.920. The monoisotopic (exact) mass is 435 g/mol. The van der Waals surface area contributed by atoms with Gasteiger partial charge < -0.3 is 36.0 Å². The summed E-state index contributed by atoms with van der Waals surface area (Å²) in [6.07, 6.45) is -0.501. The molecule has 2 unspecified atom stereocenters. The third kappa shape index (κ3) is 3.45. The molecule has 0 saturated carbocycles. The molecule has 1 aliphatic rings. The normalized spacial score (nSPS) is 23.7. The summed E-state index contributed by atoms with van der Waals surface area (Å²) in [4.78, 5) is 0. The van der Waals surface area contributed by atoms with Crippen molar-refractivity contribution in [1.82, 2.24) is 10.6 Å². The van der Waals surface area contributed by atoms with Crippen LogP contribution in [0.5, 0.6) is 5.75 Å². The Morgan fingerprint density at radius 2 is 1.77 bits per heavy atom. The van der Waals surface area contributed by atoms with Crippen LogP contribution < -0.4 is 15.8 Å². The number of thiophene rings is 1. The molecule has 0 saturated heterocycles. The van der Waals surface area contributed by atoms with Crippen LogP contribution in [0.3, 0.4) is 0 Å². The van der Waals surface area contributed by atoms with Crippen molar-refractivity contribution < 1.29 is 47.5 Å². The van der Waals surface area contributed by atoms with E-state index >= 15 is 0 Å². The molecular weight excluding hydrogens is 418 g/mol. The van der Waals surface area contributed by atoms with Gasteiger partial charge in [-0.05, 0) is 13.5 Å². The number of hydrogen-bond donors (Lipinski definition) is 9. The smallest absolute Gasteiger partial charge is 0.348 e. The van der Waals surface area contributed by atoms with E-state index in [4.69, 9.17) is 20.5 Å². The summed E-state index contributed by atoms with van der Waals surface area (Å²) in [6.45, 7) is 0. The molecule has 1 aromatic heterocycles. The summed E-state index contributed by atoms with van der Waals surface area (Å²) in [6, 6.07) is -1.53. The van der Waals surface area contributed by atoms with Crippen LogP contribution in [0.15, 0.2) is 8.42 Å². The average molecular weight is 435 g/mol. The van der Waals surface area contributed by atoms with Gasteiger partial charge in [-0.15, -0.1) is 11.3 Å². The first kappa shape index (κ1) is 21.4. The maximum atomic E-state index is 12.5. The molecule has 10 N–H and O–H groups in total. The van der Waals surface area contributed by atoms with Gasteiger partial charge in [-0.3, -0.25) is 5.32 Å². The minimum absolute atomic E-state index is 0.151. The molecule has 16 heteroatoms. The Labute approximate surface area is 151 Å². The fraction of sp³-hybridized carbons (Fsp3) is 0.600. The van der Waals surface area contributed by atoms with Crippen LogP contribution in [0.25, 0.3) is 0 Å². The molecular formula is C10H17N3O10S3. The number of sulfonamides is 1. The highest BCUT2D eigenvalue weighted by molar-refractivity contribution is 7.95. The summed E-state index contributed by atoms with van der Waals surface area (Å²) in [5.74, 6) is -8.87. The summed E-state index contributed by atoms with van der Waals surface area (Å²) in [5, 5.41) is 64.1. The van der Waals surface area contributed by atoms with E-state index in [1.54, 1.807) is 5.32 Å². The van der Waals surface area contributed by atoms with Gasteiger partial charge in [-0.25, -0.2) is 22.0 Å². The number of sulfone groups is 1. The number of fused-ring (bicyclic) bond motifs is 1. The van der Waals surface area contributed by atoms with Crippen LogP contribution >= 0.6 is 11.3 Å². The van der Waals surface area contributed by atoms with Crippen LogP contribution in [0.4, 0.5) is 0 Å². The molecule has 2 heterocycles. The molecule has 0 fully saturated rings. The largest absolute Gasteiger partial charge is 0.505 e. The van der Waals surface area contributed by atoms with Crippen LogP contribution in [0, 0.1) is 0 Å². The van der Waals surface area contributed by atoms with Crippen molar-refractivity contribution in [2.24, 2.45) is 5.14 Å². The van der Waals surface area contributed by atoms with Gasteiger partial charge in [0.15, 0.2) is 9.96 Å². The highest BCUT2D eigenvalue weighted by atomic mass is 32.3. The molecule has 150 valence electrons. The van der Waals surface area contributed by atoms with Crippen molar-refractivity contribution in [2.45, 2.75) is 38.1 Å². The highest BCUT2D eigenvalue weighted by Crippen LogP contribution is 2.49. The molecule has 0 spiro atoms. The molecule has 2 atom stereocenters. The lowest BCUT2D eigenvalue weighted by atomic mass is 10.0. The number of primary sulfonamides is 1. The maximum absolute atomic E-state index is 12.5. The number of nitrogens with two attached hydrogens (primary N) is 1. The predicted molar refractivity (Wildman–Crippen MR) is 84.4 cm³/mol. The zero-order chi connectivity index (χ0) is 20.3. The third-order valence-corrected chi connectivity index (χ3v) is 9.01. The number of rotatable bonds is 5. The van der Waals surface area contributed by atoms with Crippen molar-refractivity contribution in [2.75, 3.05) is 7.05 Å². The van der Waals surface area contributed by atoms with Gasteiger partial charge in [0.2, 0.25) is 9.84 Å². The Bertz CT molecular complexity index is 915. The van der Waals surface area contributed by atoms with E-state index in [-0.39, 0.29) is 11.3 Å². The first-order valence-electron chi connectivity index (χ1n) is 6.73. The number of aliphatic hydroxyl groups is 5. The molecule has 0 amide bonds. The molecule has 0 radical (unpaired) electrons. The number of nitrogens with one attached hydrogen (secondary N) is 2. The minimum Gasteiger partial charge on any atom is -0.505 e. The van der Waals surface area contributed by atoms with Crippen molar-refractivity contribution in [1.29, 1.82) is 0 Å². The third-order valence-electron chi connectivity index (χ3n) is 3.71. The van der Waals surface area contributed by atoms with Gasteiger partial charge in [0.25, 0.3) is 10.0 Å². The van der Waals surface area contributed by atoms with Gasteiger partial charge in [-0.1, -0.05) is 0 Å². The number of aromatic hydroxyl groups is 1. The Balaban J connectivity index is 2.70. The summed E-state index contributed by atoms with van der Waals surface area (Å²) in [5.41, 5.74) is -0.567. The minimum atomic E-state index is -4.51. The SMILES string of the molecule is CNC1CC(NC(O)(O)C(O)(O)O)c2c(sc(S(N)(=O)=O)c2O)S1(=O)=O. The fourth-order valence-corrected chi connectivity index (χ4v) is 7.04. The lowest BCUT2D eigenvalue weighted by Crippen LogP contribution is -2.64. The van der Waals surface area contributed by atoms with Crippen LogP contribution in [-0.2, 0) is 19.9 Å². The molecule has 0 bridgehead atoms. The number of hydrogen-bond acceptors (Lipinski definition) is 13. The second-order valence-corrected chi connectivity index (χ2v) is 10.6. The van der Waals surface area contributed by atoms with E-state index < -0.39 is 69.3 Å². The zero-order valence-corrected chi connectivity index (χ0v) is 15.4. The summed E-state index contributed by atoms with van der Waals surface area (Å²) >= 11 is 0.151. The summed E-state index contributed by atoms with van der Waals surface area (Å²) < 4.78 is 46.7. The topological polar surface area (TPSA) is 240 Å². The molecule has 26 heavy (non-hydrogen) atoms. The van der Waals surface area contributed by atoms with Gasteiger partial charge >= 0.3 is 11.9 Å². The van der Waals surface area contributed by atoms with E-state index in [9.17, 15) is 32.2 Å². The maximum Gasteiger partial charge on any atom is 0.348 e. The van der Waals surface area contributed by atoms with Crippen molar-refractivity contribution >= 4 is 31.2 Å². The fourth-order valence-electron chi connectivity index (χ4n) is 2.44. The molecule has 13 nitrogen and oxygen atoms in total. The Morgan fingerprint density at radius 1 is 1.23 bits per heavy atom. The van der Waals surface area contributed by atoms with Gasteiger partial charge in [0.05, 0.1) is 0 Å². The van der Waals surface area contributed by atoms with Crippen molar-refractivity contribution in [3.63, 3.8) is 0 Å². The van der Waals surface area contributed by atoms with Gasteiger partial charge in [0, 0.05) is 11.6 Å². The lowest BCUT2D eigenvalue weighted by Gasteiger charge is -2.37.